The fraction of sp³-hybridized carbons (Fsp3) is 0.192. The highest BCUT2D eigenvalue weighted by molar-refractivity contribution is 5.92. The molecule has 176 valence electrons. The van der Waals surface area contributed by atoms with Gasteiger partial charge in [-0.2, -0.15) is 5.10 Å². The number of para-hydroxylation sites is 1. The van der Waals surface area contributed by atoms with E-state index in [9.17, 15) is 9.59 Å². The van der Waals surface area contributed by atoms with Gasteiger partial charge in [-0.1, -0.05) is 25.1 Å². The van der Waals surface area contributed by atoms with E-state index in [2.05, 4.69) is 10.5 Å². The molecular formula is C26H26N2O6. The minimum Gasteiger partial charge on any atom is -0.494 e. The number of esters is 1. The molecule has 0 atom stereocenters. The van der Waals surface area contributed by atoms with Gasteiger partial charge in [0.1, 0.15) is 11.5 Å². The van der Waals surface area contributed by atoms with Gasteiger partial charge in [0.2, 0.25) is 0 Å². The zero-order valence-electron chi connectivity index (χ0n) is 19.0. The van der Waals surface area contributed by atoms with Crippen LogP contribution in [0.2, 0.25) is 0 Å². The van der Waals surface area contributed by atoms with Gasteiger partial charge in [-0.05, 0) is 66.6 Å². The largest absolute Gasteiger partial charge is 0.494 e. The van der Waals surface area contributed by atoms with E-state index in [1.807, 2.05) is 25.1 Å². The zero-order valence-corrected chi connectivity index (χ0v) is 19.0. The van der Waals surface area contributed by atoms with Gasteiger partial charge >= 0.3 is 5.97 Å². The van der Waals surface area contributed by atoms with Crippen molar-refractivity contribution in [2.45, 2.75) is 13.3 Å². The van der Waals surface area contributed by atoms with E-state index in [-0.39, 0.29) is 12.4 Å². The number of nitrogens with zero attached hydrogens (tertiary/aromatic N) is 1. The number of hydrogen-bond acceptors (Lipinski definition) is 7. The molecule has 0 heterocycles. The van der Waals surface area contributed by atoms with E-state index in [0.29, 0.717) is 35.0 Å². The fourth-order valence-electron chi connectivity index (χ4n) is 2.79. The van der Waals surface area contributed by atoms with Gasteiger partial charge in [0.25, 0.3) is 5.91 Å². The van der Waals surface area contributed by atoms with Gasteiger partial charge in [0, 0.05) is 0 Å². The second kappa shape index (κ2) is 12.6. The van der Waals surface area contributed by atoms with Crippen LogP contribution in [0.25, 0.3) is 0 Å². The molecule has 0 saturated carbocycles. The lowest BCUT2D eigenvalue weighted by molar-refractivity contribution is -0.123. The van der Waals surface area contributed by atoms with E-state index in [0.717, 1.165) is 6.42 Å². The summed E-state index contributed by atoms with van der Waals surface area (Å²) in [5, 5.41) is 3.92. The first-order chi connectivity index (χ1) is 16.6. The first-order valence-corrected chi connectivity index (χ1v) is 10.7. The summed E-state index contributed by atoms with van der Waals surface area (Å²) in [4.78, 5) is 24.4. The quantitative estimate of drug-likeness (QED) is 0.198. The van der Waals surface area contributed by atoms with Gasteiger partial charge in [-0.15, -0.1) is 0 Å². The Morgan fingerprint density at radius 1 is 0.912 bits per heavy atom. The maximum absolute atomic E-state index is 12.5. The van der Waals surface area contributed by atoms with E-state index in [4.69, 9.17) is 18.9 Å². The minimum absolute atomic E-state index is 0.161. The van der Waals surface area contributed by atoms with Crippen molar-refractivity contribution in [2.75, 3.05) is 20.3 Å². The molecule has 1 N–H and O–H groups in total. The highest BCUT2D eigenvalue weighted by Gasteiger charge is 2.13. The molecule has 0 unspecified atom stereocenters. The fourth-order valence-corrected chi connectivity index (χ4v) is 2.79. The number of carbonyl (C=O) groups excluding carboxylic acids is 2. The number of hydrogen-bond donors (Lipinski definition) is 1. The average molecular weight is 463 g/mol. The van der Waals surface area contributed by atoms with Crippen LogP contribution >= 0.6 is 0 Å². The number of methoxy groups -OCH3 is 1. The number of nitrogens with one attached hydrogen (secondary N) is 1. The van der Waals surface area contributed by atoms with Crippen molar-refractivity contribution in [2.24, 2.45) is 5.10 Å². The average Bonchev–Trinajstić information content (AvgIpc) is 2.87. The number of ether oxygens (including phenoxy) is 4. The van der Waals surface area contributed by atoms with E-state index >= 15 is 0 Å². The SMILES string of the molecule is CCCOc1ccc(C(=O)Oc2ccc(/C=N\NC(=O)COc3ccccc3)cc2OC)cc1. The Bertz CT molecular complexity index is 1110. The first-order valence-electron chi connectivity index (χ1n) is 10.7. The highest BCUT2D eigenvalue weighted by Crippen LogP contribution is 2.28. The molecule has 0 aromatic heterocycles. The number of rotatable bonds is 11. The number of hydrazone groups is 1. The number of carbonyl (C=O) groups is 2. The molecule has 0 spiro atoms. The van der Waals surface area contributed by atoms with Crippen LogP contribution in [0.1, 0.15) is 29.3 Å². The van der Waals surface area contributed by atoms with Crippen LogP contribution in [0, 0.1) is 0 Å². The topological polar surface area (TPSA) is 95.5 Å². The standard InChI is InChI=1S/C26H26N2O6/c1-3-15-32-22-12-10-20(11-13-22)26(30)34-23-14-9-19(16-24(23)31-2)17-27-28-25(29)18-33-21-7-5-4-6-8-21/h4-14,16-17H,3,15,18H2,1-2H3,(H,28,29)/b27-17-. The molecule has 3 aromatic rings. The van der Waals surface area contributed by atoms with Crippen molar-refractivity contribution in [1.29, 1.82) is 0 Å². The molecule has 34 heavy (non-hydrogen) atoms. The predicted molar refractivity (Wildman–Crippen MR) is 128 cm³/mol. The third kappa shape index (κ3) is 7.37. The van der Waals surface area contributed by atoms with Crippen LogP contribution in [0.4, 0.5) is 0 Å². The Labute approximate surface area is 198 Å². The van der Waals surface area contributed by atoms with Crippen molar-refractivity contribution in [1.82, 2.24) is 5.43 Å². The Morgan fingerprint density at radius 3 is 2.35 bits per heavy atom. The summed E-state index contributed by atoms with van der Waals surface area (Å²) < 4.78 is 21.7. The molecule has 3 rings (SSSR count). The Kier molecular flexibility index (Phi) is 9.04. The van der Waals surface area contributed by atoms with E-state index in [1.54, 1.807) is 54.6 Å². The Hall–Kier alpha value is -4.33. The lowest BCUT2D eigenvalue weighted by atomic mass is 10.2. The van der Waals surface area contributed by atoms with E-state index < -0.39 is 11.9 Å². The summed E-state index contributed by atoms with van der Waals surface area (Å²) in [6, 6.07) is 20.7. The molecule has 0 saturated heterocycles. The van der Waals surface area contributed by atoms with Crippen LogP contribution in [0.15, 0.2) is 77.9 Å². The van der Waals surface area contributed by atoms with Crippen molar-refractivity contribution >= 4 is 18.1 Å². The third-order valence-corrected chi connectivity index (χ3v) is 4.47. The summed E-state index contributed by atoms with van der Waals surface area (Å²) >= 11 is 0. The molecule has 0 bridgehead atoms. The lowest BCUT2D eigenvalue weighted by Crippen LogP contribution is -2.24. The van der Waals surface area contributed by atoms with Crippen molar-refractivity contribution in [3.63, 3.8) is 0 Å². The number of amides is 1. The van der Waals surface area contributed by atoms with Crippen LogP contribution in [0.5, 0.6) is 23.0 Å². The van der Waals surface area contributed by atoms with Crippen LogP contribution in [-0.4, -0.2) is 38.4 Å². The summed E-state index contributed by atoms with van der Waals surface area (Å²) in [6.45, 7) is 2.47. The maximum Gasteiger partial charge on any atom is 0.343 e. The third-order valence-electron chi connectivity index (χ3n) is 4.47. The van der Waals surface area contributed by atoms with E-state index in [1.165, 1.54) is 13.3 Å². The molecule has 1 amide bonds. The second-order valence-corrected chi connectivity index (χ2v) is 7.07. The molecule has 8 heteroatoms. The molecule has 0 aliphatic heterocycles. The van der Waals surface area contributed by atoms with Crippen molar-refractivity contribution in [3.05, 3.63) is 83.9 Å². The molecule has 0 radical (unpaired) electrons. The molecule has 3 aromatic carbocycles. The van der Waals surface area contributed by atoms with Gasteiger partial charge in [-0.25, -0.2) is 10.2 Å². The Balaban J connectivity index is 1.55. The summed E-state index contributed by atoms with van der Waals surface area (Å²) in [5.41, 5.74) is 3.42. The second-order valence-electron chi connectivity index (χ2n) is 7.07. The molecule has 0 fully saturated rings. The normalized spacial score (nSPS) is 10.5. The van der Waals surface area contributed by atoms with Crippen molar-refractivity contribution < 1.29 is 28.5 Å². The lowest BCUT2D eigenvalue weighted by Gasteiger charge is -2.10. The number of benzene rings is 3. The van der Waals surface area contributed by atoms with Crippen LogP contribution < -0.4 is 24.4 Å². The van der Waals surface area contributed by atoms with Crippen molar-refractivity contribution in [3.8, 4) is 23.0 Å². The summed E-state index contributed by atoms with van der Waals surface area (Å²) in [7, 11) is 1.47. The maximum atomic E-state index is 12.5. The highest BCUT2D eigenvalue weighted by atomic mass is 16.6. The smallest absolute Gasteiger partial charge is 0.343 e. The molecule has 8 nitrogen and oxygen atoms in total. The molecule has 0 aliphatic carbocycles. The summed E-state index contributed by atoms with van der Waals surface area (Å²) in [5.74, 6) is 0.974. The molecular weight excluding hydrogens is 436 g/mol. The summed E-state index contributed by atoms with van der Waals surface area (Å²) in [6.07, 6.45) is 2.35. The van der Waals surface area contributed by atoms with Gasteiger partial charge in [0.15, 0.2) is 18.1 Å². The van der Waals surface area contributed by atoms with Crippen LogP contribution in [0.3, 0.4) is 0 Å². The zero-order chi connectivity index (χ0) is 24.2. The van der Waals surface area contributed by atoms with Gasteiger partial charge in [0.05, 0.1) is 25.5 Å². The predicted octanol–water partition coefficient (Wildman–Crippen LogP) is 4.23. The monoisotopic (exact) mass is 462 g/mol. The van der Waals surface area contributed by atoms with Gasteiger partial charge in [-0.3, -0.25) is 4.79 Å². The molecule has 0 aliphatic rings. The first kappa shape index (κ1) is 24.3. The minimum atomic E-state index is -0.521. The van der Waals surface area contributed by atoms with Gasteiger partial charge < -0.3 is 18.9 Å². The van der Waals surface area contributed by atoms with Crippen LogP contribution in [-0.2, 0) is 4.79 Å². The Morgan fingerprint density at radius 2 is 1.65 bits per heavy atom.